The van der Waals surface area contributed by atoms with Gasteiger partial charge in [0.25, 0.3) is 0 Å². The van der Waals surface area contributed by atoms with E-state index in [0.29, 0.717) is 11.3 Å². The monoisotopic (exact) mass is 300 g/mol. The number of nitrogens with two attached hydrogens (primary N) is 1. The number of aryl methyl sites for hydroxylation is 2. The highest BCUT2D eigenvalue weighted by Gasteiger charge is 2.08. The number of nitrogens with one attached hydrogen (secondary N) is 1. The standard InChI is InChI=1S/C16H17N3O3/c1-11-3-4-12(2)14(9-11)21-10-15(20)22-19-16(17)13-5-7-18-8-6-13/h3-9H,10H2,1-2H3,(H2,17,19)/p+1. The molecule has 0 bridgehead atoms. The molecular weight excluding hydrogens is 282 g/mol. The smallest absolute Gasteiger partial charge is 0.372 e. The number of rotatable bonds is 5. The summed E-state index contributed by atoms with van der Waals surface area (Å²) in [5.74, 6) is 0.146. The summed E-state index contributed by atoms with van der Waals surface area (Å²) in [6.45, 7) is 3.62. The van der Waals surface area contributed by atoms with E-state index >= 15 is 0 Å². The van der Waals surface area contributed by atoms with E-state index in [0.717, 1.165) is 11.1 Å². The Hall–Kier alpha value is -2.89. The van der Waals surface area contributed by atoms with Crippen molar-refractivity contribution < 1.29 is 19.4 Å². The molecule has 2 aromatic rings. The number of carbonyl (C=O) groups excluding carboxylic acids is 1. The third-order valence-corrected chi connectivity index (χ3v) is 2.95. The maximum Gasteiger partial charge on any atom is 0.372 e. The first-order valence-electron chi connectivity index (χ1n) is 6.76. The molecule has 2 rings (SSSR count). The van der Waals surface area contributed by atoms with Crippen molar-refractivity contribution in [2.45, 2.75) is 13.8 Å². The highest BCUT2D eigenvalue weighted by molar-refractivity contribution is 5.97. The van der Waals surface area contributed by atoms with E-state index in [9.17, 15) is 4.79 Å². The van der Waals surface area contributed by atoms with Gasteiger partial charge in [-0.25, -0.2) is 9.78 Å². The van der Waals surface area contributed by atoms with E-state index in [1.807, 2.05) is 32.0 Å². The van der Waals surface area contributed by atoms with Crippen molar-refractivity contribution in [3.05, 3.63) is 59.4 Å². The maximum absolute atomic E-state index is 11.6. The van der Waals surface area contributed by atoms with Crippen LogP contribution in [0.15, 0.2) is 47.9 Å². The highest BCUT2D eigenvalue weighted by atomic mass is 16.7. The lowest BCUT2D eigenvalue weighted by atomic mass is 10.1. The molecule has 114 valence electrons. The van der Waals surface area contributed by atoms with E-state index in [-0.39, 0.29) is 12.4 Å². The fraction of sp³-hybridized carbons (Fsp3) is 0.188. The first-order valence-corrected chi connectivity index (χ1v) is 6.76. The van der Waals surface area contributed by atoms with Gasteiger partial charge in [-0.15, -0.1) is 0 Å². The average Bonchev–Trinajstić information content (AvgIpc) is 2.54. The second kappa shape index (κ2) is 7.21. The van der Waals surface area contributed by atoms with Crippen LogP contribution in [0, 0.1) is 13.8 Å². The van der Waals surface area contributed by atoms with Crippen LogP contribution in [-0.2, 0) is 9.63 Å². The number of carbonyl (C=O) groups is 1. The van der Waals surface area contributed by atoms with Crippen LogP contribution in [0.2, 0.25) is 0 Å². The highest BCUT2D eigenvalue weighted by Crippen LogP contribution is 2.18. The van der Waals surface area contributed by atoms with Crippen molar-refractivity contribution in [2.75, 3.05) is 6.61 Å². The van der Waals surface area contributed by atoms with Gasteiger partial charge in [-0.2, -0.15) is 0 Å². The molecule has 0 aliphatic heterocycles. The number of benzene rings is 1. The van der Waals surface area contributed by atoms with Crippen LogP contribution in [-0.4, -0.2) is 18.4 Å². The molecule has 6 heteroatoms. The van der Waals surface area contributed by atoms with E-state index < -0.39 is 5.97 Å². The molecule has 1 aromatic heterocycles. The zero-order chi connectivity index (χ0) is 15.9. The number of hydrogen-bond donors (Lipinski definition) is 1. The topological polar surface area (TPSA) is 88.0 Å². The number of hydrogen-bond acceptors (Lipinski definition) is 4. The van der Waals surface area contributed by atoms with Crippen LogP contribution in [0.25, 0.3) is 0 Å². The van der Waals surface area contributed by atoms with Gasteiger partial charge in [0.2, 0.25) is 0 Å². The van der Waals surface area contributed by atoms with Crippen LogP contribution in [0.3, 0.4) is 0 Å². The van der Waals surface area contributed by atoms with E-state index in [4.69, 9.17) is 15.3 Å². The third kappa shape index (κ3) is 4.31. The number of pyridine rings is 1. The molecule has 0 radical (unpaired) electrons. The fourth-order valence-electron chi connectivity index (χ4n) is 1.74. The minimum absolute atomic E-state index is 0.120. The summed E-state index contributed by atoms with van der Waals surface area (Å²) in [6, 6.07) is 9.21. The molecule has 6 nitrogen and oxygen atoms in total. The van der Waals surface area contributed by atoms with Crippen LogP contribution in [0.4, 0.5) is 0 Å². The number of H-pyrrole nitrogens is 1. The Labute approximate surface area is 128 Å². The second-order valence-electron chi connectivity index (χ2n) is 4.79. The molecule has 0 saturated carbocycles. The lowest BCUT2D eigenvalue weighted by molar-refractivity contribution is -0.378. The molecule has 0 aliphatic carbocycles. The van der Waals surface area contributed by atoms with Crippen LogP contribution >= 0.6 is 0 Å². The molecule has 0 unspecified atom stereocenters. The summed E-state index contributed by atoms with van der Waals surface area (Å²) >= 11 is 0. The number of amidine groups is 1. The van der Waals surface area contributed by atoms with Crippen LogP contribution in [0.1, 0.15) is 16.7 Å². The van der Waals surface area contributed by atoms with Gasteiger partial charge in [-0.1, -0.05) is 17.3 Å². The number of nitrogens with zero attached hydrogens (tertiary/aromatic N) is 1. The minimum atomic E-state index is -0.619. The summed E-state index contributed by atoms with van der Waals surface area (Å²) in [5.41, 5.74) is 8.37. The zero-order valence-electron chi connectivity index (χ0n) is 12.5. The molecular formula is C16H18N3O3+. The number of aromatic amines is 1. The Balaban J connectivity index is 1.89. The van der Waals surface area contributed by atoms with Crippen molar-refractivity contribution in [1.29, 1.82) is 0 Å². The average molecular weight is 300 g/mol. The molecule has 1 aromatic carbocycles. The van der Waals surface area contributed by atoms with E-state index in [1.54, 1.807) is 24.5 Å². The maximum atomic E-state index is 11.6. The van der Waals surface area contributed by atoms with Gasteiger partial charge in [0.1, 0.15) is 5.75 Å². The number of oxime groups is 1. The normalized spacial score (nSPS) is 11.1. The zero-order valence-corrected chi connectivity index (χ0v) is 12.5. The SMILES string of the molecule is Cc1ccc(C)c(OCC(=O)ON=C(N)c2cc[nH+]cc2)c1. The number of ether oxygens (including phenoxy) is 1. The van der Waals surface area contributed by atoms with Crippen molar-refractivity contribution in [1.82, 2.24) is 0 Å². The molecule has 22 heavy (non-hydrogen) atoms. The largest absolute Gasteiger partial charge is 0.482 e. The summed E-state index contributed by atoms with van der Waals surface area (Å²) in [6.07, 6.45) is 3.40. The van der Waals surface area contributed by atoms with Gasteiger partial charge >= 0.3 is 5.97 Å². The van der Waals surface area contributed by atoms with Crippen LogP contribution < -0.4 is 15.5 Å². The van der Waals surface area contributed by atoms with Crippen molar-refractivity contribution >= 4 is 11.8 Å². The quantitative estimate of drug-likeness (QED) is 0.391. The molecule has 3 N–H and O–H groups in total. The first-order chi connectivity index (χ1) is 10.6. The van der Waals surface area contributed by atoms with Gasteiger partial charge in [-0.05, 0) is 31.0 Å². The first kappa shape index (κ1) is 15.5. The molecule has 0 aliphatic rings. The van der Waals surface area contributed by atoms with Crippen molar-refractivity contribution in [3.63, 3.8) is 0 Å². The summed E-state index contributed by atoms with van der Waals surface area (Å²) in [7, 11) is 0. The van der Waals surface area contributed by atoms with Gasteiger partial charge in [-0.3, -0.25) is 0 Å². The molecule has 0 fully saturated rings. The summed E-state index contributed by atoms with van der Waals surface area (Å²) < 4.78 is 5.43. The van der Waals surface area contributed by atoms with Gasteiger partial charge in [0, 0.05) is 17.7 Å². The van der Waals surface area contributed by atoms with Gasteiger partial charge in [0.15, 0.2) is 24.8 Å². The predicted octanol–water partition coefficient (Wildman–Crippen LogP) is 1.36. The summed E-state index contributed by atoms with van der Waals surface area (Å²) in [5, 5.41) is 3.60. The Kier molecular flexibility index (Phi) is 5.08. The molecule has 0 saturated heterocycles. The lowest BCUT2D eigenvalue weighted by Crippen LogP contribution is -2.18. The van der Waals surface area contributed by atoms with E-state index in [1.165, 1.54) is 0 Å². The Morgan fingerprint density at radius 1 is 1.23 bits per heavy atom. The molecule has 0 spiro atoms. The number of aromatic nitrogens is 1. The molecule has 0 amide bonds. The summed E-state index contributed by atoms with van der Waals surface area (Å²) in [4.78, 5) is 19.2. The predicted molar refractivity (Wildman–Crippen MR) is 81.2 cm³/mol. The van der Waals surface area contributed by atoms with Gasteiger partial charge in [0.05, 0.1) is 0 Å². The van der Waals surface area contributed by atoms with Gasteiger partial charge < -0.3 is 15.3 Å². The Morgan fingerprint density at radius 2 is 1.95 bits per heavy atom. The van der Waals surface area contributed by atoms with E-state index in [2.05, 4.69) is 10.1 Å². The Morgan fingerprint density at radius 3 is 2.68 bits per heavy atom. The van der Waals surface area contributed by atoms with Crippen molar-refractivity contribution in [3.8, 4) is 5.75 Å². The molecule has 1 heterocycles. The lowest BCUT2D eigenvalue weighted by Gasteiger charge is -2.08. The second-order valence-corrected chi connectivity index (χ2v) is 4.79. The Bertz CT molecular complexity index is 684. The van der Waals surface area contributed by atoms with Crippen LogP contribution in [0.5, 0.6) is 5.75 Å². The van der Waals surface area contributed by atoms with Crippen molar-refractivity contribution in [2.24, 2.45) is 10.9 Å². The minimum Gasteiger partial charge on any atom is -0.482 e. The molecule has 0 atom stereocenters. The fourth-order valence-corrected chi connectivity index (χ4v) is 1.74. The third-order valence-electron chi connectivity index (χ3n) is 2.95.